The molecule has 36 heavy (non-hydrogen) atoms. The smallest absolute Gasteiger partial charge is 0.320 e. The minimum atomic E-state index is -0.190. The fourth-order valence-electron chi connectivity index (χ4n) is 4.09. The first-order valence-corrected chi connectivity index (χ1v) is 12.4. The maximum Gasteiger partial charge on any atom is 0.320 e. The number of nitrogens with zero attached hydrogens (tertiary/aromatic N) is 3. The molecule has 0 bridgehead atoms. The molecule has 1 amide bonds. The normalized spacial score (nSPS) is 17.7. The van der Waals surface area contributed by atoms with Gasteiger partial charge in [-0.05, 0) is 56.7 Å². The van der Waals surface area contributed by atoms with Crippen molar-refractivity contribution in [1.29, 1.82) is 0 Å². The Hall–Kier alpha value is -3.14. The van der Waals surface area contributed by atoms with Crippen LogP contribution in [0.2, 0.25) is 5.02 Å². The second kappa shape index (κ2) is 13.2. The molecule has 0 radical (unpaired) electrons. The van der Waals surface area contributed by atoms with E-state index in [2.05, 4.69) is 25.1 Å². The Morgan fingerprint density at radius 2 is 1.92 bits per heavy atom. The van der Waals surface area contributed by atoms with Crippen LogP contribution in [-0.4, -0.2) is 89.9 Å². The SMILES string of the molecule is CCOC(=O)CN1CCN(CCNC(=O)C2=C(C)/C(=C/c3ccc(Cl)ccc[nH]c3O)N=C2C)CC1. The van der Waals surface area contributed by atoms with Crippen LogP contribution in [0.15, 0.2) is 52.3 Å². The third-order valence-electron chi connectivity index (χ3n) is 6.03. The molecule has 10 heteroatoms. The number of aromatic hydroxyl groups is 1. The Balaban J connectivity index is 1.58. The number of aromatic amines is 1. The molecule has 1 aromatic rings. The lowest BCUT2D eigenvalue weighted by atomic mass is 10.0. The van der Waals surface area contributed by atoms with Crippen LogP contribution in [0.5, 0.6) is 5.88 Å². The summed E-state index contributed by atoms with van der Waals surface area (Å²) < 4.78 is 5.01. The van der Waals surface area contributed by atoms with Gasteiger partial charge in [-0.2, -0.15) is 0 Å². The Kier molecular flexibility index (Phi) is 10.1. The van der Waals surface area contributed by atoms with Gasteiger partial charge in [-0.3, -0.25) is 24.4 Å². The Morgan fingerprint density at radius 1 is 1.19 bits per heavy atom. The van der Waals surface area contributed by atoms with Crippen molar-refractivity contribution in [2.75, 3.05) is 52.4 Å². The van der Waals surface area contributed by atoms with Gasteiger partial charge in [0, 0.05) is 56.1 Å². The molecule has 0 aromatic carbocycles. The summed E-state index contributed by atoms with van der Waals surface area (Å²) >= 11 is 6.11. The van der Waals surface area contributed by atoms with Crippen molar-refractivity contribution in [3.8, 4) is 5.88 Å². The topological polar surface area (TPSA) is 110 Å². The van der Waals surface area contributed by atoms with Crippen LogP contribution in [0.4, 0.5) is 0 Å². The molecule has 0 unspecified atom stereocenters. The largest absolute Gasteiger partial charge is 0.494 e. The summed E-state index contributed by atoms with van der Waals surface area (Å²) in [6.45, 7) is 10.7. The maximum atomic E-state index is 13.0. The summed E-state index contributed by atoms with van der Waals surface area (Å²) in [4.78, 5) is 36.3. The van der Waals surface area contributed by atoms with Gasteiger partial charge in [0.1, 0.15) is 0 Å². The Bertz CT molecular complexity index is 1120. The first-order chi connectivity index (χ1) is 17.3. The van der Waals surface area contributed by atoms with E-state index in [1.807, 2.05) is 6.92 Å². The lowest BCUT2D eigenvalue weighted by molar-refractivity contribution is -0.144. The molecule has 0 saturated carbocycles. The van der Waals surface area contributed by atoms with Gasteiger partial charge >= 0.3 is 5.97 Å². The molecule has 9 nitrogen and oxygen atoms in total. The summed E-state index contributed by atoms with van der Waals surface area (Å²) in [7, 11) is 0. The summed E-state index contributed by atoms with van der Waals surface area (Å²) in [5, 5.41) is 13.9. The van der Waals surface area contributed by atoms with Crippen LogP contribution < -0.4 is 5.32 Å². The first-order valence-electron chi connectivity index (χ1n) is 12.1. The Morgan fingerprint density at radius 3 is 2.64 bits per heavy atom. The van der Waals surface area contributed by atoms with Gasteiger partial charge in [-0.25, -0.2) is 0 Å². The number of rotatable bonds is 8. The number of hydrogen-bond acceptors (Lipinski definition) is 7. The molecule has 3 rings (SSSR count). The summed E-state index contributed by atoms with van der Waals surface area (Å²) in [6.07, 6.45) is 3.30. The molecule has 1 aromatic heterocycles. The van der Waals surface area contributed by atoms with Crippen LogP contribution in [0.3, 0.4) is 0 Å². The number of amides is 1. The zero-order chi connectivity index (χ0) is 26.1. The van der Waals surface area contributed by atoms with Crippen LogP contribution in [0, 0.1) is 0 Å². The zero-order valence-electron chi connectivity index (χ0n) is 21.0. The van der Waals surface area contributed by atoms with Crippen molar-refractivity contribution in [3.05, 3.63) is 57.9 Å². The maximum absolute atomic E-state index is 13.0. The summed E-state index contributed by atoms with van der Waals surface area (Å²) in [5.41, 5.74) is 3.00. The average Bonchev–Trinajstić information content (AvgIpc) is 3.15. The second-order valence-corrected chi connectivity index (χ2v) is 9.03. The molecule has 3 N–H and O–H groups in total. The third-order valence-corrected chi connectivity index (χ3v) is 6.28. The van der Waals surface area contributed by atoms with E-state index in [1.54, 1.807) is 50.4 Å². The van der Waals surface area contributed by atoms with Gasteiger partial charge in [-0.15, -0.1) is 0 Å². The number of hydrogen-bond donors (Lipinski definition) is 3. The fraction of sp³-hybridized carbons (Fsp3) is 0.423. The Labute approximate surface area is 216 Å². The van der Waals surface area contributed by atoms with E-state index in [0.717, 1.165) is 38.3 Å². The predicted molar refractivity (Wildman–Crippen MR) is 141 cm³/mol. The number of carbonyl (C=O) groups is 2. The van der Waals surface area contributed by atoms with E-state index in [-0.39, 0.29) is 17.8 Å². The zero-order valence-corrected chi connectivity index (χ0v) is 21.8. The molecule has 1 saturated heterocycles. The van der Waals surface area contributed by atoms with Crippen LogP contribution in [0.1, 0.15) is 26.3 Å². The van der Waals surface area contributed by atoms with Gasteiger partial charge in [0.25, 0.3) is 5.91 Å². The first kappa shape index (κ1) is 27.4. The molecular formula is C26H34ClN5O4. The van der Waals surface area contributed by atoms with Gasteiger partial charge < -0.3 is 20.1 Å². The van der Waals surface area contributed by atoms with Crippen molar-refractivity contribution in [2.24, 2.45) is 4.99 Å². The number of allylic oxidation sites excluding steroid dienone is 1. The molecule has 1 fully saturated rings. The average molecular weight is 516 g/mol. The van der Waals surface area contributed by atoms with Crippen molar-refractivity contribution < 1.29 is 19.4 Å². The monoisotopic (exact) mass is 515 g/mol. The van der Waals surface area contributed by atoms with Gasteiger partial charge in [0.2, 0.25) is 0 Å². The van der Waals surface area contributed by atoms with E-state index in [4.69, 9.17) is 16.3 Å². The molecular weight excluding hydrogens is 482 g/mol. The van der Waals surface area contributed by atoms with E-state index in [9.17, 15) is 14.7 Å². The number of carbonyl (C=O) groups excluding carboxylic acids is 2. The van der Waals surface area contributed by atoms with Gasteiger partial charge in [-0.1, -0.05) is 11.6 Å². The number of halogens is 1. The molecule has 0 atom stereocenters. The fourth-order valence-corrected chi connectivity index (χ4v) is 4.22. The van der Waals surface area contributed by atoms with Crippen molar-refractivity contribution in [3.63, 3.8) is 0 Å². The van der Waals surface area contributed by atoms with E-state index in [0.29, 0.717) is 47.3 Å². The van der Waals surface area contributed by atoms with E-state index in [1.165, 1.54) is 0 Å². The molecule has 194 valence electrons. The number of esters is 1. The quantitative estimate of drug-likeness (QED) is 0.459. The van der Waals surface area contributed by atoms with Gasteiger partial charge in [0.15, 0.2) is 5.88 Å². The number of ether oxygens (including phenoxy) is 1. The molecule has 2 aliphatic rings. The number of H-pyrrole nitrogens is 1. The standard InChI is InChI=1S/C26H34ClN5O4/c1-4-36-23(33)17-32-14-12-31(13-15-32)11-10-29-26(35)24-18(2)22(30-19(24)3)16-20-7-8-21(27)6-5-9-28-25(20)34/h5-9,16,28,34H,4,10-15,17H2,1-3H3,(H,29,35)/b8-7?,9-5?,21-6?,22-16-,25-20?. The minimum absolute atomic E-state index is 0.0457. The number of nitrogens with one attached hydrogen (secondary N) is 2. The summed E-state index contributed by atoms with van der Waals surface area (Å²) in [5.74, 6) is -0.408. The molecule has 3 heterocycles. The lowest BCUT2D eigenvalue weighted by Gasteiger charge is -2.34. The highest BCUT2D eigenvalue weighted by atomic mass is 35.5. The highest BCUT2D eigenvalue weighted by molar-refractivity contribution is 6.30. The molecule has 2 aliphatic heterocycles. The lowest BCUT2D eigenvalue weighted by Crippen LogP contribution is -2.49. The third kappa shape index (κ3) is 7.68. The molecule has 0 aliphatic carbocycles. The van der Waals surface area contributed by atoms with E-state index >= 15 is 0 Å². The highest BCUT2D eigenvalue weighted by Gasteiger charge is 2.24. The predicted octanol–water partition coefficient (Wildman–Crippen LogP) is 2.93. The van der Waals surface area contributed by atoms with Crippen molar-refractivity contribution in [1.82, 2.24) is 20.1 Å². The second-order valence-electron chi connectivity index (χ2n) is 8.60. The number of piperazine rings is 1. The summed E-state index contributed by atoms with van der Waals surface area (Å²) in [6, 6.07) is 6.75. The van der Waals surface area contributed by atoms with Crippen LogP contribution in [0.25, 0.3) is 6.08 Å². The van der Waals surface area contributed by atoms with Crippen molar-refractivity contribution >= 4 is 35.3 Å². The van der Waals surface area contributed by atoms with Crippen LogP contribution >= 0.6 is 11.6 Å². The van der Waals surface area contributed by atoms with Crippen LogP contribution in [-0.2, 0) is 14.3 Å². The minimum Gasteiger partial charge on any atom is -0.494 e. The number of aromatic nitrogens is 1. The highest BCUT2D eigenvalue weighted by Crippen LogP contribution is 2.28. The van der Waals surface area contributed by atoms with Crippen molar-refractivity contribution in [2.45, 2.75) is 20.8 Å². The van der Waals surface area contributed by atoms with Gasteiger partial charge in [0.05, 0.1) is 30.1 Å². The molecule has 0 spiro atoms. The van der Waals surface area contributed by atoms with E-state index < -0.39 is 0 Å². The number of aliphatic imine (C=N–C) groups is 1.